The van der Waals surface area contributed by atoms with Crippen LogP contribution in [0.15, 0.2) is 24.3 Å². The lowest BCUT2D eigenvalue weighted by Gasteiger charge is -2.23. The van der Waals surface area contributed by atoms with E-state index in [1.54, 1.807) is 45.0 Å². The van der Waals surface area contributed by atoms with E-state index in [0.29, 0.717) is 24.4 Å². The molecule has 0 spiro atoms. The number of benzene rings is 1. The molecule has 0 saturated carbocycles. The van der Waals surface area contributed by atoms with Gasteiger partial charge in [0.25, 0.3) is 5.91 Å². The Morgan fingerprint density at radius 3 is 2.67 bits per heavy atom. The van der Waals surface area contributed by atoms with Crippen LogP contribution in [0.25, 0.3) is 0 Å². The van der Waals surface area contributed by atoms with Gasteiger partial charge in [0.1, 0.15) is 6.10 Å². The van der Waals surface area contributed by atoms with Crippen LogP contribution in [0.2, 0.25) is 0 Å². The third-order valence-electron chi connectivity index (χ3n) is 3.70. The first kappa shape index (κ1) is 20.9. The smallest absolute Gasteiger partial charge is 0.254 e. The van der Waals surface area contributed by atoms with Crippen molar-refractivity contribution in [2.24, 2.45) is 0 Å². The van der Waals surface area contributed by atoms with Crippen LogP contribution in [-0.4, -0.2) is 44.9 Å². The maximum absolute atomic E-state index is 12.3. The number of amides is 1. The van der Waals surface area contributed by atoms with E-state index in [1.165, 1.54) is 0 Å². The van der Waals surface area contributed by atoms with Gasteiger partial charge in [0.15, 0.2) is 9.84 Å². The van der Waals surface area contributed by atoms with Gasteiger partial charge in [-0.2, -0.15) is 0 Å². The zero-order chi connectivity index (χ0) is 17.1. The number of carbonyl (C=O) groups is 1. The summed E-state index contributed by atoms with van der Waals surface area (Å²) >= 11 is 0. The molecule has 0 aromatic heterocycles. The Bertz CT molecular complexity index is 665. The summed E-state index contributed by atoms with van der Waals surface area (Å²) in [7, 11) is -3.26. The largest absolute Gasteiger partial charge is 0.366 e. The molecule has 1 aromatic rings. The van der Waals surface area contributed by atoms with Crippen LogP contribution in [0.1, 0.15) is 26.3 Å². The average Bonchev–Trinajstić information content (AvgIpc) is 2.47. The fraction of sp³-hybridized carbons (Fsp3) is 0.562. The summed E-state index contributed by atoms with van der Waals surface area (Å²) in [5.74, 6) is -0.283. The van der Waals surface area contributed by atoms with E-state index in [4.69, 9.17) is 4.74 Å². The fourth-order valence-corrected chi connectivity index (χ4v) is 3.18. The number of rotatable bonds is 4. The van der Waals surface area contributed by atoms with Crippen molar-refractivity contribution in [2.75, 3.05) is 25.0 Å². The Labute approximate surface area is 149 Å². The molecule has 1 amide bonds. The molecule has 24 heavy (non-hydrogen) atoms. The van der Waals surface area contributed by atoms with E-state index in [9.17, 15) is 13.2 Å². The lowest BCUT2D eigenvalue weighted by atomic mass is 10.2. The highest BCUT2D eigenvalue weighted by atomic mass is 35.5. The van der Waals surface area contributed by atoms with Crippen LogP contribution < -0.4 is 10.6 Å². The van der Waals surface area contributed by atoms with Crippen molar-refractivity contribution >= 4 is 33.8 Å². The Kier molecular flexibility index (Phi) is 7.22. The van der Waals surface area contributed by atoms with Crippen molar-refractivity contribution in [1.82, 2.24) is 5.32 Å². The standard InChI is InChI=1S/C16H24N2O4S.ClH/c1-16(2,3)23(20,21)11-12-5-4-6-13(9-12)18-15(19)14-10-17-7-8-22-14;/h4-6,9,14,17H,7-8,10-11H2,1-3H3,(H,18,19);1H. The predicted molar refractivity (Wildman–Crippen MR) is 97.3 cm³/mol. The first-order valence-electron chi connectivity index (χ1n) is 7.63. The van der Waals surface area contributed by atoms with Crippen molar-refractivity contribution in [1.29, 1.82) is 0 Å². The van der Waals surface area contributed by atoms with Crippen LogP contribution in [0.3, 0.4) is 0 Å². The zero-order valence-corrected chi connectivity index (χ0v) is 15.8. The second kappa shape index (κ2) is 8.29. The number of ether oxygens (including phenoxy) is 1. The van der Waals surface area contributed by atoms with Gasteiger partial charge in [-0.1, -0.05) is 12.1 Å². The lowest BCUT2D eigenvalue weighted by Crippen LogP contribution is -2.45. The average molecular weight is 377 g/mol. The summed E-state index contributed by atoms with van der Waals surface area (Å²) < 4.78 is 29.2. The molecule has 1 atom stereocenters. The molecule has 6 nitrogen and oxygen atoms in total. The van der Waals surface area contributed by atoms with Gasteiger partial charge in [-0.3, -0.25) is 4.79 Å². The van der Waals surface area contributed by atoms with Gasteiger partial charge < -0.3 is 15.4 Å². The molecule has 1 aliphatic heterocycles. The second-order valence-corrected chi connectivity index (χ2v) is 9.37. The van der Waals surface area contributed by atoms with E-state index in [1.807, 2.05) is 0 Å². The van der Waals surface area contributed by atoms with Gasteiger partial charge in [0.05, 0.1) is 17.1 Å². The third kappa shape index (κ3) is 5.44. The molecule has 1 fully saturated rings. The van der Waals surface area contributed by atoms with E-state index in [0.717, 1.165) is 6.54 Å². The number of hydrogen-bond donors (Lipinski definition) is 2. The SMILES string of the molecule is CC(C)(C)S(=O)(=O)Cc1cccc(NC(=O)C2CNCCO2)c1.Cl. The Balaban J connectivity index is 0.00000288. The molecular formula is C16H25ClN2O4S. The van der Waals surface area contributed by atoms with Crippen molar-refractivity contribution in [3.63, 3.8) is 0 Å². The highest BCUT2D eigenvalue weighted by Gasteiger charge is 2.29. The second-order valence-electron chi connectivity index (χ2n) is 6.62. The van der Waals surface area contributed by atoms with Crippen molar-refractivity contribution in [3.8, 4) is 0 Å². The monoisotopic (exact) mass is 376 g/mol. The van der Waals surface area contributed by atoms with Gasteiger partial charge in [-0.05, 0) is 38.5 Å². The van der Waals surface area contributed by atoms with Crippen LogP contribution in [0, 0.1) is 0 Å². The van der Waals surface area contributed by atoms with Gasteiger partial charge in [0, 0.05) is 18.8 Å². The highest BCUT2D eigenvalue weighted by molar-refractivity contribution is 7.91. The van der Waals surface area contributed by atoms with Crippen LogP contribution in [0.5, 0.6) is 0 Å². The first-order valence-corrected chi connectivity index (χ1v) is 9.29. The summed E-state index contributed by atoms with van der Waals surface area (Å²) in [6.07, 6.45) is -0.522. The Morgan fingerprint density at radius 2 is 2.08 bits per heavy atom. The summed E-state index contributed by atoms with van der Waals surface area (Å²) in [6.45, 7) is 6.76. The van der Waals surface area contributed by atoms with E-state index >= 15 is 0 Å². The summed E-state index contributed by atoms with van der Waals surface area (Å²) in [4.78, 5) is 12.1. The lowest BCUT2D eigenvalue weighted by molar-refractivity contribution is -0.128. The van der Waals surface area contributed by atoms with Crippen LogP contribution >= 0.6 is 12.4 Å². The minimum absolute atomic E-state index is 0. The molecule has 2 N–H and O–H groups in total. The quantitative estimate of drug-likeness (QED) is 0.836. The molecule has 1 aromatic carbocycles. The Hall–Kier alpha value is -1.15. The topological polar surface area (TPSA) is 84.5 Å². The van der Waals surface area contributed by atoms with Crippen LogP contribution in [0.4, 0.5) is 5.69 Å². The van der Waals surface area contributed by atoms with E-state index in [2.05, 4.69) is 10.6 Å². The molecule has 0 radical (unpaired) electrons. The molecule has 2 rings (SSSR count). The fourth-order valence-electron chi connectivity index (χ4n) is 2.13. The molecule has 1 unspecified atom stereocenters. The maximum atomic E-state index is 12.3. The predicted octanol–water partition coefficient (Wildman–Crippen LogP) is 1.75. The summed E-state index contributed by atoms with van der Waals surface area (Å²) in [6, 6.07) is 6.92. The van der Waals surface area contributed by atoms with Crippen LogP contribution in [-0.2, 0) is 25.1 Å². The number of hydrogen-bond acceptors (Lipinski definition) is 5. The molecule has 1 aliphatic rings. The summed E-state index contributed by atoms with van der Waals surface area (Å²) in [5, 5.41) is 5.87. The first-order chi connectivity index (χ1) is 10.7. The zero-order valence-electron chi connectivity index (χ0n) is 14.2. The van der Waals surface area contributed by atoms with Crippen molar-refractivity contribution in [2.45, 2.75) is 37.4 Å². The number of anilines is 1. The third-order valence-corrected chi connectivity index (χ3v) is 6.28. The van der Waals surface area contributed by atoms with E-state index in [-0.39, 0.29) is 24.1 Å². The molecule has 1 heterocycles. The minimum atomic E-state index is -3.26. The molecule has 1 saturated heterocycles. The van der Waals surface area contributed by atoms with Crippen molar-refractivity contribution < 1.29 is 17.9 Å². The minimum Gasteiger partial charge on any atom is -0.366 e. The van der Waals surface area contributed by atoms with Gasteiger partial charge in [-0.25, -0.2) is 8.42 Å². The number of halogens is 1. The van der Waals surface area contributed by atoms with Gasteiger partial charge in [-0.15, -0.1) is 12.4 Å². The maximum Gasteiger partial charge on any atom is 0.254 e. The van der Waals surface area contributed by atoms with E-state index < -0.39 is 20.7 Å². The molecule has 136 valence electrons. The number of nitrogens with one attached hydrogen (secondary N) is 2. The summed E-state index contributed by atoms with van der Waals surface area (Å²) in [5.41, 5.74) is 1.23. The Morgan fingerprint density at radius 1 is 1.38 bits per heavy atom. The molecule has 8 heteroatoms. The number of morpholine rings is 1. The number of sulfone groups is 1. The molecular weight excluding hydrogens is 352 g/mol. The van der Waals surface area contributed by atoms with Crippen molar-refractivity contribution in [3.05, 3.63) is 29.8 Å². The van der Waals surface area contributed by atoms with Gasteiger partial charge in [0.2, 0.25) is 0 Å². The highest BCUT2D eigenvalue weighted by Crippen LogP contribution is 2.22. The van der Waals surface area contributed by atoms with Gasteiger partial charge >= 0.3 is 0 Å². The number of carbonyl (C=O) groups excluding carboxylic acids is 1. The molecule has 0 aliphatic carbocycles. The molecule has 0 bridgehead atoms. The normalized spacial score (nSPS) is 18.5.